The van der Waals surface area contributed by atoms with Crippen molar-refractivity contribution < 1.29 is 14.5 Å². The highest BCUT2D eigenvalue weighted by Crippen LogP contribution is 1.74. The largest absolute Gasteiger partial charge is 0.438 e. The molecule has 53 valence electrons. The molecule has 0 rings (SSSR count). The van der Waals surface area contributed by atoms with Crippen LogP contribution in [0.25, 0.3) is 0 Å². The topological polar surface area (TPSA) is 38.7 Å². The standard InChI is InChI=1S/C5H12BO3/c1-6-9-5-4-8-3-2-7/h7H,2-5H2,1H3. The van der Waals surface area contributed by atoms with Crippen LogP contribution in [0.5, 0.6) is 0 Å². The van der Waals surface area contributed by atoms with Crippen molar-refractivity contribution in [2.75, 3.05) is 26.4 Å². The molecule has 0 unspecified atom stereocenters. The Morgan fingerprint density at radius 2 is 2.11 bits per heavy atom. The van der Waals surface area contributed by atoms with Crippen molar-refractivity contribution in [2.45, 2.75) is 6.82 Å². The second-order valence-electron chi connectivity index (χ2n) is 1.44. The molecule has 0 saturated carbocycles. The summed E-state index contributed by atoms with van der Waals surface area (Å²) in [7, 11) is 1.61. The van der Waals surface area contributed by atoms with Crippen molar-refractivity contribution >= 4 is 7.48 Å². The normalized spacial score (nSPS) is 9.56. The Bertz CT molecular complexity index is 45.5. The van der Waals surface area contributed by atoms with Crippen LogP contribution in [0.2, 0.25) is 6.82 Å². The SMILES string of the molecule is C[B]OCCOCCO. The third-order valence-electron chi connectivity index (χ3n) is 0.748. The zero-order valence-corrected chi connectivity index (χ0v) is 5.67. The molecule has 1 radical (unpaired) electrons. The van der Waals surface area contributed by atoms with Gasteiger partial charge in [-0.05, 0) is 0 Å². The summed E-state index contributed by atoms with van der Waals surface area (Å²) in [5.74, 6) is 0. The van der Waals surface area contributed by atoms with Crippen LogP contribution in [0, 0.1) is 0 Å². The lowest BCUT2D eigenvalue weighted by Crippen LogP contribution is -2.07. The van der Waals surface area contributed by atoms with Crippen LogP contribution in [-0.2, 0) is 9.39 Å². The van der Waals surface area contributed by atoms with Gasteiger partial charge in [0.1, 0.15) is 0 Å². The smallest absolute Gasteiger partial charge is 0.289 e. The lowest BCUT2D eigenvalue weighted by atomic mass is 10.1. The van der Waals surface area contributed by atoms with Crippen molar-refractivity contribution in [3.63, 3.8) is 0 Å². The van der Waals surface area contributed by atoms with Gasteiger partial charge in [0.15, 0.2) is 0 Å². The van der Waals surface area contributed by atoms with Crippen molar-refractivity contribution in [3.8, 4) is 0 Å². The van der Waals surface area contributed by atoms with Crippen LogP contribution in [-0.4, -0.2) is 39.0 Å². The number of rotatable bonds is 6. The highest BCUT2D eigenvalue weighted by Gasteiger charge is 1.85. The predicted molar refractivity (Wildman–Crippen MR) is 35.5 cm³/mol. The molecule has 0 saturated heterocycles. The molecule has 3 nitrogen and oxygen atoms in total. The van der Waals surface area contributed by atoms with Crippen LogP contribution >= 0.6 is 0 Å². The Balaban J connectivity index is 2.60. The summed E-state index contributed by atoms with van der Waals surface area (Å²) in [4.78, 5) is 0. The molecule has 0 aliphatic carbocycles. The van der Waals surface area contributed by atoms with E-state index in [9.17, 15) is 0 Å². The van der Waals surface area contributed by atoms with Gasteiger partial charge in [0.05, 0.1) is 26.4 Å². The number of aliphatic hydroxyl groups excluding tert-OH is 1. The van der Waals surface area contributed by atoms with Gasteiger partial charge in [0.25, 0.3) is 7.48 Å². The molecular formula is C5H12BO3. The van der Waals surface area contributed by atoms with Gasteiger partial charge in [-0.2, -0.15) is 0 Å². The predicted octanol–water partition coefficient (Wildman–Crippen LogP) is -0.321. The summed E-state index contributed by atoms with van der Waals surface area (Å²) in [6, 6.07) is 0. The minimum Gasteiger partial charge on any atom is -0.438 e. The van der Waals surface area contributed by atoms with Gasteiger partial charge in [-0.15, -0.1) is 0 Å². The molecule has 1 N–H and O–H groups in total. The average molecular weight is 131 g/mol. The van der Waals surface area contributed by atoms with Crippen molar-refractivity contribution in [3.05, 3.63) is 0 Å². The fourth-order valence-corrected chi connectivity index (χ4v) is 0.392. The van der Waals surface area contributed by atoms with E-state index in [1.165, 1.54) is 0 Å². The maximum atomic E-state index is 8.25. The average Bonchev–Trinajstić information content (AvgIpc) is 1.89. The summed E-state index contributed by atoms with van der Waals surface area (Å²) < 4.78 is 9.74. The van der Waals surface area contributed by atoms with E-state index < -0.39 is 0 Å². The van der Waals surface area contributed by atoms with Gasteiger partial charge >= 0.3 is 0 Å². The molecule has 0 heterocycles. The van der Waals surface area contributed by atoms with E-state index in [-0.39, 0.29) is 6.61 Å². The van der Waals surface area contributed by atoms with E-state index in [0.717, 1.165) is 0 Å². The second kappa shape index (κ2) is 7.94. The molecule has 0 aromatic carbocycles. The van der Waals surface area contributed by atoms with Crippen LogP contribution in [0.15, 0.2) is 0 Å². The molecule has 0 aromatic heterocycles. The number of aliphatic hydroxyl groups is 1. The summed E-state index contributed by atoms with van der Waals surface area (Å²) in [6.07, 6.45) is 0. The van der Waals surface area contributed by atoms with E-state index in [1.54, 1.807) is 7.48 Å². The molecule has 9 heavy (non-hydrogen) atoms. The number of hydrogen-bond acceptors (Lipinski definition) is 3. The Kier molecular flexibility index (Phi) is 7.90. The summed E-state index contributed by atoms with van der Waals surface area (Å²) in [6.45, 7) is 3.40. The van der Waals surface area contributed by atoms with E-state index in [2.05, 4.69) is 0 Å². The van der Waals surface area contributed by atoms with Crippen molar-refractivity contribution in [1.29, 1.82) is 0 Å². The Labute approximate surface area is 56.2 Å². The zero-order valence-electron chi connectivity index (χ0n) is 5.67. The van der Waals surface area contributed by atoms with Crippen LogP contribution in [0.4, 0.5) is 0 Å². The third-order valence-corrected chi connectivity index (χ3v) is 0.748. The lowest BCUT2D eigenvalue weighted by molar-refractivity contribution is 0.0715. The van der Waals surface area contributed by atoms with E-state index in [0.29, 0.717) is 19.8 Å². The first-order valence-corrected chi connectivity index (χ1v) is 3.00. The quantitative estimate of drug-likeness (QED) is 0.396. The Hall–Kier alpha value is -0.0551. The highest BCUT2D eigenvalue weighted by molar-refractivity contribution is 6.24. The lowest BCUT2D eigenvalue weighted by Gasteiger charge is -2.00. The minimum absolute atomic E-state index is 0.0792. The first kappa shape index (κ1) is 8.94. The molecule has 4 heteroatoms. The Morgan fingerprint density at radius 1 is 1.33 bits per heavy atom. The van der Waals surface area contributed by atoms with Gasteiger partial charge in [-0.1, -0.05) is 6.82 Å². The maximum absolute atomic E-state index is 8.25. The molecule has 0 fully saturated rings. The first-order valence-electron chi connectivity index (χ1n) is 3.00. The Morgan fingerprint density at radius 3 is 2.67 bits per heavy atom. The first-order chi connectivity index (χ1) is 4.41. The summed E-state index contributed by atoms with van der Waals surface area (Å²) in [5, 5.41) is 8.25. The highest BCUT2D eigenvalue weighted by atomic mass is 16.5. The monoisotopic (exact) mass is 131 g/mol. The van der Waals surface area contributed by atoms with Crippen molar-refractivity contribution in [2.24, 2.45) is 0 Å². The second-order valence-corrected chi connectivity index (χ2v) is 1.44. The fraction of sp³-hybridized carbons (Fsp3) is 1.00. The third kappa shape index (κ3) is 7.94. The maximum Gasteiger partial charge on any atom is 0.289 e. The molecule has 0 spiro atoms. The van der Waals surface area contributed by atoms with Crippen LogP contribution < -0.4 is 0 Å². The molecular weight excluding hydrogens is 119 g/mol. The fourth-order valence-electron chi connectivity index (χ4n) is 0.392. The summed E-state index contributed by atoms with van der Waals surface area (Å²) >= 11 is 0. The van der Waals surface area contributed by atoms with Crippen LogP contribution in [0.3, 0.4) is 0 Å². The van der Waals surface area contributed by atoms with E-state index in [4.69, 9.17) is 14.5 Å². The van der Waals surface area contributed by atoms with Crippen LogP contribution in [0.1, 0.15) is 0 Å². The van der Waals surface area contributed by atoms with Gasteiger partial charge in [0, 0.05) is 0 Å². The van der Waals surface area contributed by atoms with Crippen molar-refractivity contribution in [1.82, 2.24) is 0 Å². The number of ether oxygens (including phenoxy) is 1. The molecule has 0 amide bonds. The summed E-state index contributed by atoms with van der Waals surface area (Å²) in [5.41, 5.74) is 0. The van der Waals surface area contributed by atoms with Gasteiger partial charge in [-0.3, -0.25) is 0 Å². The van der Waals surface area contributed by atoms with Gasteiger partial charge in [-0.25, -0.2) is 0 Å². The molecule has 0 aliphatic rings. The molecule has 0 atom stereocenters. The van der Waals surface area contributed by atoms with Gasteiger partial charge < -0.3 is 14.5 Å². The molecule has 0 aromatic rings. The minimum atomic E-state index is 0.0792. The van der Waals surface area contributed by atoms with E-state index >= 15 is 0 Å². The molecule has 0 aliphatic heterocycles. The molecule has 0 bridgehead atoms. The number of hydrogen-bond donors (Lipinski definition) is 1. The van der Waals surface area contributed by atoms with E-state index in [1.807, 2.05) is 6.82 Å². The zero-order chi connectivity index (χ0) is 6.95. The van der Waals surface area contributed by atoms with Gasteiger partial charge in [0.2, 0.25) is 0 Å².